The minimum Gasteiger partial charge on any atom is -0.465 e. The van der Waals surface area contributed by atoms with Crippen molar-refractivity contribution in [1.82, 2.24) is 21.3 Å². The number of carbonyl (C=O) groups excluding carboxylic acids is 6. The topological polar surface area (TPSA) is 653 Å². The quantitative estimate of drug-likeness (QED) is 0.0178. The molecule has 22 N–H and O–H groups in total. The maximum absolute atomic E-state index is 14.8. The van der Waals surface area contributed by atoms with Crippen molar-refractivity contribution in [2.45, 2.75) is 460 Å². The zero-order chi connectivity index (χ0) is 107. The highest BCUT2D eigenvalue weighted by Crippen LogP contribution is 2.44. The number of rotatable bonds is 63. The Hall–Kier alpha value is -6.02. The first kappa shape index (κ1) is 125. The minimum atomic E-state index is -3.51. The Labute approximate surface area is 856 Å². The van der Waals surface area contributed by atoms with Gasteiger partial charge in [0.2, 0.25) is 23.6 Å². The Balaban J connectivity index is 1.10. The smallest absolute Gasteiger partial charge is 0.366 e. The summed E-state index contributed by atoms with van der Waals surface area (Å²) in [6, 6.07) is 13.3. The molecule has 6 heterocycles. The Bertz CT molecular complexity index is 4080. The molecular weight excluding hydrogens is 1930 g/mol. The molecule has 6 aliphatic heterocycles. The molecule has 6 fully saturated rings. The van der Waals surface area contributed by atoms with Crippen molar-refractivity contribution in [2.75, 3.05) is 60.5 Å². The van der Waals surface area contributed by atoms with Gasteiger partial charge in [0.1, 0.15) is 134 Å². The Morgan fingerprint density at radius 1 is 0.452 bits per heavy atom. The maximum atomic E-state index is 14.8. The van der Waals surface area contributed by atoms with E-state index in [9.17, 15) is 121 Å². The summed E-state index contributed by atoms with van der Waals surface area (Å²) >= 11 is 0. The van der Waals surface area contributed by atoms with Gasteiger partial charge in [0.05, 0.1) is 96.9 Å². The lowest BCUT2D eigenvalue weighted by molar-refractivity contribution is -0.391. The second-order valence-corrected chi connectivity index (χ2v) is 44.7. The Morgan fingerprint density at radius 2 is 0.836 bits per heavy atom. The number of amides is 4. The first-order valence-electron chi connectivity index (χ1n) is 52.2. The van der Waals surface area contributed by atoms with E-state index < -0.39 is 310 Å². The fourth-order valence-corrected chi connectivity index (χ4v) is 24.8. The van der Waals surface area contributed by atoms with E-state index in [4.69, 9.17) is 70.7 Å². The van der Waals surface area contributed by atoms with Gasteiger partial charge in [-0.05, 0) is 34.7 Å². The third-order valence-corrected chi connectivity index (χ3v) is 33.2. The highest BCUT2D eigenvalue weighted by Gasteiger charge is 2.64. The maximum Gasteiger partial charge on any atom is 0.366 e. The molecule has 0 radical (unpaired) electrons. The predicted molar refractivity (Wildman–Crippen MR) is 525 cm³/mol. The molecule has 8 rings (SSSR count). The molecule has 6 saturated heterocycles. The summed E-state index contributed by atoms with van der Waals surface area (Å²) in [6.07, 6.45) is -27.7. The number of unbranched alkanes of at least 4 members (excludes halogenated alkanes) is 25. The molecule has 146 heavy (non-hydrogen) atoms. The standard InChI is InChI=1S/C102H170N4O39Si/c1-11-13-15-17-19-21-23-25-26-28-30-32-34-36-44-50-75(119)106-65(70(49-43-35-33-31-29-27-24-22-20-18-16-14-12-2)145-146(100(6,7)8,63-45-39-37-40-46-63)64-47-41-38-42-48-64)58-133-95-85(126)83(124)89(72(56-110)136-95)140-96-86(127)84(125)88(73(57-111)137-96)139-94-78(105-62(5)114)90(82(123)74(138-94)59-134-101(98(129)131-9)51-66(115)76(103-60(3)112)91(142-101)79(120)68(117)53-107)141-97-87(128)93(81(122)71(55-109)135-97)144-102(99(130)132-10)52-67(116)77(104-61(4)113)92(143-102)80(121)69(118)54-108/h37-43,45-49,65-74,76-97,107-111,115-118,120-128H,11-36,44,50-59H2,1-10H3,(H,103,112)(H,104,113)(H,105,114)(H,106,119)/b49-43+/t65-,66-,67-,68+,69+,70+,71+,72+,73+,74+,76+,77+,78+,79+,80+,81-,82-,83+,84+,85+,86+,87+,88-,89+,90+,91+,92+,93-,94-,95+,96-,97-,101+,102?/m0/s1. The molecule has 1 unspecified atom stereocenters. The molecule has 0 spiro atoms. The molecule has 836 valence electrons. The number of carbonyl (C=O) groups is 6. The first-order valence-corrected chi connectivity index (χ1v) is 54.2. The molecular formula is C102H170N4O39Si. The van der Waals surface area contributed by atoms with Gasteiger partial charge in [-0.15, -0.1) is 0 Å². The fraction of sp³-hybridized carbons (Fsp3) is 0.804. The summed E-state index contributed by atoms with van der Waals surface area (Å²) in [5.41, 5.74) is 0. The molecule has 0 saturated carbocycles. The van der Waals surface area contributed by atoms with Crippen LogP contribution in [0.1, 0.15) is 248 Å². The van der Waals surface area contributed by atoms with Gasteiger partial charge in [0.25, 0.3) is 19.9 Å². The van der Waals surface area contributed by atoms with Crippen LogP contribution in [0.3, 0.4) is 0 Å². The molecule has 2 aromatic carbocycles. The summed E-state index contributed by atoms with van der Waals surface area (Å²) in [6.45, 7) is 6.25. The van der Waals surface area contributed by atoms with Gasteiger partial charge in [-0.1, -0.05) is 262 Å². The van der Waals surface area contributed by atoms with Crippen molar-refractivity contribution in [3.8, 4) is 0 Å². The number of hydrogen-bond donors (Lipinski definition) is 22. The third-order valence-electron chi connectivity index (χ3n) is 28.1. The average Bonchev–Trinajstić information content (AvgIpc) is 0.736. The third kappa shape index (κ3) is 34.5. The molecule has 34 atom stereocenters. The van der Waals surface area contributed by atoms with Gasteiger partial charge in [0, 0.05) is 40.0 Å². The van der Waals surface area contributed by atoms with Gasteiger partial charge in [-0.3, -0.25) is 19.2 Å². The highest BCUT2D eigenvalue weighted by molar-refractivity contribution is 6.99. The number of aliphatic hydroxyl groups is 18. The number of benzene rings is 2. The van der Waals surface area contributed by atoms with Crippen LogP contribution in [0, 0.1) is 0 Å². The van der Waals surface area contributed by atoms with Crippen LogP contribution in [0.15, 0.2) is 72.8 Å². The molecule has 43 nitrogen and oxygen atoms in total. The number of ether oxygens (including phenoxy) is 14. The van der Waals surface area contributed by atoms with Crippen LogP contribution in [0.5, 0.6) is 0 Å². The lowest BCUT2D eigenvalue weighted by atomic mass is 9.88. The molecule has 6 aliphatic rings. The van der Waals surface area contributed by atoms with Gasteiger partial charge < -0.3 is 184 Å². The van der Waals surface area contributed by atoms with Crippen molar-refractivity contribution in [3.05, 3.63) is 72.8 Å². The van der Waals surface area contributed by atoms with E-state index in [0.717, 1.165) is 110 Å². The minimum absolute atomic E-state index is 0.148. The van der Waals surface area contributed by atoms with Crippen molar-refractivity contribution in [1.29, 1.82) is 0 Å². The number of aliphatic hydroxyl groups excluding tert-OH is 18. The number of hydrogen-bond acceptors (Lipinski definition) is 39. The summed E-state index contributed by atoms with van der Waals surface area (Å²) in [4.78, 5) is 82.1. The first-order chi connectivity index (χ1) is 69.7. The summed E-state index contributed by atoms with van der Waals surface area (Å²) in [5.74, 6) is -12.2. The van der Waals surface area contributed by atoms with Crippen LogP contribution in [-0.2, 0) is 99.5 Å². The van der Waals surface area contributed by atoms with Crippen LogP contribution >= 0.6 is 0 Å². The number of nitrogens with one attached hydrogen (secondary N) is 4. The van der Waals surface area contributed by atoms with Crippen molar-refractivity contribution in [2.24, 2.45) is 0 Å². The van der Waals surface area contributed by atoms with Crippen LogP contribution in [0.25, 0.3) is 0 Å². The van der Waals surface area contributed by atoms with Crippen LogP contribution in [0.4, 0.5) is 0 Å². The van der Waals surface area contributed by atoms with Crippen molar-refractivity contribution >= 4 is 54.3 Å². The molecule has 44 heteroatoms. The van der Waals surface area contributed by atoms with Crippen molar-refractivity contribution in [3.63, 3.8) is 0 Å². The lowest BCUT2D eigenvalue weighted by Crippen LogP contribution is -2.72. The second kappa shape index (κ2) is 62.4. The molecule has 0 aromatic heterocycles. The van der Waals surface area contributed by atoms with E-state index in [-0.39, 0.29) is 12.3 Å². The van der Waals surface area contributed by atoms with Crippen molar-refractivity contribution < 1.29 is 191 Å². The molecule has 4 amide bonds. The summed E-state index contributed by atoms with van der Waals surface area (Å²) < 4.78 is 92.7. The molecule has 0 aliphatic carbocycles. The molecule has 0 bridgehead atoms. The van der Waals surface area contributed by atoms with Gasteiger partial charge in [-0.2, -0.15) is 0 Å². The van der Waals surface area contributed by atoms with E-state index in [1.165, 1.54) is 96.3 Å². The SMILES string of the molecule is CCCCCCCCCCCCC/C=C/[C@@H](O[Si](c1ccccc1)(c1ccccc1)C(C)(C)C)[C@H](CO[C@@H]1O[C@H](CO)[C@@H](O[C@@H]2O[C@H](CO)[C@H](O[C@@H]3O[C@H](CO[C@]4(C(=O)OC)C[C@H](O)[C@@H](NC(C)=O)[C@H]([C@H](O)[C@H](O)CO)O4)[C@H](O)[C@H](O[C@@H]4O[C@H](CO)[C@H](O)[C@H](OC5(C(=O)OC)C[C@H](O)[C@@H](NC(C)=O)[C@H]([C@H](O)[C@H](O)CO)O5)[C@H]4O)[C@H]3NC(C)=O)[C@H](O)[C@H]2O)[C@H](O)[C@H]1O)NC(=O)CCCCCCCCCCCCCCCCC. The number of esters is 2. The largest absolute Gasteiger partial charge is 0.465 e. The number of allylic oxidation sites excluding steroid dienone is 1. The van der Waals surface area contributed by atoms with E-state index >= 15 is 0 Å². The Kier molecular flexibility index (Phi) is 53.5. The zero-order valence-electron chi connectivity index (χ0n) is 86.2. The van der Waals surface area contributed by atoms with Gasteiger partial charge >= 0.3 is 11.9 Å². The number of methoxy groups -OCH3 is 2. The highest BCUT2D eigenvalue weighted by atomic mass is 28.4. The predicted octanol–water partition coefficient (Wildman–Crippen LogP) is -0.108. The van der Waals surface area contributed by atoms with Gasteiger partial charge in [0.15, 0.2) is 25.2 Å². The fourth-order valence-electron chi connectivity index (χ4n) is 20.1. The lowest BCUT2D eigenvalue weighted by Gasteiger charge is -2.52. The van der Waals surface area contributed by atoms with Crippen LogP contribution < -0.4 is 31.6 Å². The molecule has 2 aromatic rings. The summed E-state index contributed by atoms with van der Waals surface area (Å²) in [7, 11) is -1.89. The Morgan fingerprint density at radius 3 is 1.28 bits per heavy atom. The van der Waals surface area contributed by atoms with Crippen LogP contribution in [-0.4, -0.2) is 404 Å². The van der Waals surface area contributed by atoms with E-state index in [2.05, 4.69) is 62.0 Å². The average molecular weight is 2100 g/mol. The summed E-state index contributed by atoms with van der Waals surface area (Å²) in [5, 5.41) is 220. The zero-order valence-corrected chi connectivity index (χ0v) is 87.2. The van der Waals surface area contributed by atoms with Crippen LogP contribution in [0.2, 0.25) is 5.04 Å². The van der Waals surface area contributed by atoms with E-state index in [1.807, 2.05) is 66.7 Å². The monoisotopic (exact) mass is 2100 g/mol. The second-order valence-electron chi connectivity index (χ2n) is 40.4. The van der Waals surface area contributed by atoms with E-state index in [0.29, 0.717) is 12.8 Å². The van der Waals surface area contributed by atoms with E-state index in [1.54, 1.807) is 0 Å². The normalized spacial score (nSPS) is 32.2. The van der Waals surface area contributed by atoms with Gasteiger partial charge in [-0.25, -0.2) is 9.59 Å².